The lowest BCUT2D eigenvalue weighted by Crippen LogP contribution is -2.00. The molecule has 2 rings (SSSR count). The third kappa shape index (κ3) is 2.72. The molecule has 0 aromatic heterocycles. The third-order valence-corrected chi connectivity index (χ3v) is 4.47. The van der Waals surface area contributed by atoms with Gasteiger partial charge in [-0.3, -0.25) is 14.2 Å². The number of hydrogen-bond donors (Lipinski definition) is 2. The van der Waals surface area contributed by atoms with Gasteiger partial charge in [-0.1, -0.05) is 11.6 Å². The van der Waals surface area contributed by atoms with Crippen LogP contribution in [0, 0.1) is 0 Å². The fourth-order valence-corrected chi connectivity index (χ4v) is 3.13. The van der Waals surface area contributed by atoms with Crippen molar-refractivity contribution in [3.05, 3.63) is 29.3 Å². The molecule has 0 heterocycles. The highest BCUT2D eigenvalue weighted by molar-refractivity contribution is 7.86. The van der Waals surface area contributed by atoms with Crippen LogP contribution in [-0.4, -0.2) is 25.9 Å². The molecule has 10 heteroatoms. The first-order valence-electron chi connectivity index (χ1n) is 4.89. The van der Waals surface area contributed by atoms with Crippen molar-refractivity contribution in [2.45, 2.75) is 9.79 Å². The van der Waals surface area contributed by atoms with Gasteiger partial charge in [0.2, 0.25) is 0 Å². The Bertz CT molecular complexity index is 844. The largest absolute Gasteiger partial charge is 0.294 e. The lowest BCUT2D eigenvalue weighted by Gasteiger charge is -2.06. The van der Waals surface area contributed by atoms with Crippen molar-refractivity contribution in [3.63, 3.8) is 0 Å². The average molecular weight is 338 g/mol. The second-order valence-corrected chi connectivity index (χ2v) is 7.13. The maximum Gasteiger partial charge on any atom is 0.294 e. The van der Waals surface area contributed by atoms with Crippen molar-refractivity contribution in [1.29, 1.82) is 0 Å². The first-order chi connectivity index (χ1) is 9.00. The molecule has 1 radical (unpaired) electrons. The van der Waals surface area contributed by atoms with Gasteiger partial charge in [0.05, 0.1) is 14.8 Å². The van der Waals surface area contributed by atoms with Gasteiger partial charge in [0.25, 0.3) is 20.2 Å². The lowest BCUT2D eigenvalue weighted by atomic mass is 10.1. The first-order valence-corrected chi connectivity index (χ1v) is 8.15. The second-order valence-electron chi connectivity index (χ2n) is 3.87. The Hall–Kier alpha value is -1.39. The molecule has 0 fully saturated rings. The second kappa shape index (κ2) is 4.57. The van der Waals surface area contributed by atoms with Crippen LogP contribution in [0.15, 0.2) is 34.1 Å². The standard InChI is InChI=1S/C10H6ClO7S2/c11-8-3-6(19(13,14)15)1-5-2-7(20(16,17)18)4-9(12)10(5)8/h1-4H,(H,13,14,15)(H,16,17,18). The van der Waals surface area contributed by atoms with Gasteiger partial charge in [0, 0.05) is 11.5 Å². The van der Waals surface area contributed by atoms with Gasteiger partial charge < -0.3 is 0 Å². The number of halogens is 1. The van der Waals surface area contributed by atoms with E-state index in [1.807, 2.05) is 0 Å². The highest BCUT2D eigenvalue weighted by atomic mass is 35.5. The Morgan fingerprint density at radius 2 is 1.30 bits per heavy atom. The summed E-state index contributed by atoms with van der Waals surface area (Å²) in [6.07, 6.45) is 0. The summed E-state index contributed by atoms with van der Waals surface area (Å²) in [5, 5.41) is 11.2. The molecular weight excluding hydrogens is 332 g/mol. The minimum atomic E-state index is -4.63. The quantitative estimate of drug-likeness (QED) is 0.807. The fourth-order valence-electron chi connectivity index (χ4n) is 1.67. The molecule has 0 saturated heterocycles. The zero-order valence-electron chi connectivity index (χ0n) is 9.44. The first kappa shape index (κ1) is 15.0. The van der Waals surface area contributed by atoms with Crippen LogP contribution in [-0.2, 0) is 25.3 Å². The molecule has 0 bridgehead atoms. The fraction of sp³-hybridized carbons (Fsp3) is 0. The third-order valence-electron chi connectivity index (χ3n) is 2.51. The molecule has 0 aliphatic heterocycles. The van der Waals surface area contributed by atoms with Crippen LogP contribution in [0.1, 0.15) is 0 Å². The molecule has 0 aliphatic carbocycles. The van der Waals surface area contributed by atoms with E-state index < -0.39 is 35.8 Å². The molecule has 0 unspecified atom stereocenters. The van der Waals surface area contributed by atoms with E-state index in [4.69, 9.17) is 20.7 Å². The van der Waals surface area contributed by atoms with Gasteiger partial charge >= 0.3 is 0 Å². The van der Waals surface area contributed by atoms with Crippen LogP contribution >= 0.6 is 11.6 Å². The summed E-state index contributed by atoms with van der Waals surface area (Å²) in [7, 11) is -9.21. The Kier molecular flexibility index (Phi) is 3.43. The highest BCUT2D eigenvalue weighted by Gasteiger charge is 2.19. The Morgan fingerprint density at radius 1 is 0.850 bits per heavy atom. The van der Waals surface area contributed by atoms with E-state index in [2.05, 4.69) is 0 Å². The van der Waals surface area contributed by atoms with E-state index in [9.17, 15) is 21.9 Å². The number of fused-ring (bicyclic) bond motifs is 1. The molecule has 0 spiro atoms. The monoisotopic (exact) mass is 337 g/mol. The summed E-state index contributed by atoms with van der Waals surface area (Å²) in [4.78, 5) is -1.29. The molecule has 2 aromatic carbocycles. The zero-order chi connectivity index (χ0) is 15.3. The number of benzene rings is 2. The van der Waals surface area contributed by atoms with E-state index in [1.165, 1.54) is 0 Å². The molecule has 0 amide bonds. The van der Waals surface area contributed by atoms with Crippen molar-refractivity contribution < 1.29 is 31.0 Å². The Morgan fingerprint density at radius 3 is 1.75 bits per heavy atom. The molecule has 2 aromatic rings. The van der Waals surface area contributed by atoms with Crippen LogP contribution in [0.5, 0.6) is 5.75 Å². The van der Waals surface area contributed by atoms with Crippen molar-refractivity contribution in [2.75, 3.05) is 0 Å². The lowest BCUT2D eigenvalue weighted by molar-refractivity contribution is 0.358. The normalized spacial score (nSPS) is 12.8. The Balaban J connectivity index is 2.95. The molecular formula is C10H6ClO7S2. The van der Waals surface area contributed by atoms with Gasteiger partial charge in [-0.05, 0) is 23.6 Å². The molecule has 0 aliphatic rings. The van der Waals surface area contributed by atoms with E-state index in [0.29, 0.717) is 6.07 Å². The molecule has 107 valence electrons. The van der Waals surface area contributed by atoms with E-state index in [-0.39, 0.29) is 15.8 Å². The summed E-state index contributed by atoms with van der Waals surface area (Å²) in [5.74, 6) is -0.804. The van der Waals surface area contributed by atoms with Gasteiger partial charge in [-0.15, -0.1) is 0 Å². The summed E-state index contributed by atoms with van der Waals surface area (Å²) < 4.78 is 62.0. The average Bonchev–Trinajstić information content (AvgIpc) is 2.25. The zero-order valence-corrected chi connectivity index (χ0v) is 11.8. The van der Waals surface area contributed by atoms with Crippen LogP contribution in [0.25, 0.3) is 10.8 Å². The van der Waals surface area contributed by atoms with Gasteiger partial charge in [0.1, 0.15) is 0 Å². The van der Waals surface area contributed by atoms with Gasteiger partial charge in [-0.25, -0.2) is 0 Å². The van der Waals surface area contributed by atoms with Crippen molar-refractivity contribution >= 4 is 42.6 Å². The molecule has 0 atom stereocenters. The van der Waals surface area contributed by atoms with Crippen LogP contribution in [0.3, 0.4) is 0 Å². The summed E-state index contributed by atoms with van der Waals surface area (Å²) in [5.41, 5.74) is 0. The molecule has 2 N–H and O–H groups in total. The number of hydrogen-bond acceptors (Lipinski definition) is 4. The van der Waals surface area contributed by atoms with Crippen molar-refractivity contribution in [1.82, 2.24) is 0 Å². The predicted octanol–water partition coefficient (Wildman–Crippen LogP) is 2.13. The minimum absolute atomic E-state index is 0.119. The van der Waals surface area contributed by atoms with E-state index in [0.717, 1.165) is 18.2 Å². The van der Waals surface area contributed by atoms with E-state index >= 15 is 0 Å². The van der Waals surface area contributed by atoms with Crippen molar-refractivity contribution in [3.8, 4) is 5.75 Å². The summed E-state index contributed by atoms with van der Waals surface area (Å²) in [6, 6.07) is 3.30. The molecule has 20 heavy (non-hydrogen) atoms. The van der Waals surface area contributed by atoms with Gasteiger partial charge in [0.15, 0.2) is 5.75 Å². The van der Waals surface area contributed by atoms with Gasteiger partial charge in [-0.2, -0.15) is 16.8 Å². The summed E-state index contributed by atoms with van der Waals surface area (Å²) in [6.45, 7) is 0. The topological polar surface area (TPSA) is 129 Å². The predicted molar refractivity (Wildman–Crippen MR) is 68.7 cm³/mol. The van der Waals surface area contributed by atoms with Crippen molar-refractivity contribution in [2.24, 2.45) is 0 Å². The maximum absolute atomic E-state index is 11.8. The van der Waals surface area contributed by atoms with Crippen LogP contribution in [0.2, 0.25) is 5.02 Å². The van der Waals surface area contributed by atoms with Crippen LogP contribution in [0.4, 0.5) is 0 Å². The maximum atomic E-state index is 11.8. The highest BCUT2D eigenvalue weighted by Crippen LogP contribution is 2.36. The Labute approximate surface area is 118 Å². The molecule has 7 nitrogen and oxygen atoms in total. The smallest absolute Gasteiger partial charge is 0.289 e. The molecule has 0 saturated carbocycles. The number of rotatable bonds is 2. The minimum Gasteiger partial charge on any atom is -0.289 e. The van der Waals surface area contributed by atoms with Crippen LogP contribution < -0.4 is 0 Å². The SMILES string of the molecule is [O]c1cc(S(=O)(=O)O)cc2cc(S(=O)(=O)O)cc(Cl)c12. The summed E-state index contributed by atoms with van der Waals surface area (Å²) >= 11 is 5.75. The van der Waals surface area contributed by atoms with E-state index in [1.54, 1.807) is 0 Å².